The molecule has 5 heteroatoms. The number of rotatable bonds is 9. The normalized spacial score (nSPS) is 15.2. The van der Waals surface area contributed by atoms with Gasteiger partial charge in [-0.1, -0.05) is 80.6 Å². The van der Waals surface area contributed by atoms with E-state index < -0.39 is 5.60 Å². The zero-order valence-electron chi connectivity index (χ0n) is 25.4. The predicted octanol–water partition coefficient (Wildman–Crippen LogP) is 8.42. The standard InChI is InChI=1S/C36H46N2O3/c1-35(2,3)41-34(40)38(32-20-22-36(4,5)23-21-32)26-28-16-18-29(19-17-28)30-14-9-15-31(25-30)33(39)37-24-10-13-27-11-7-6-8-12-27/h6-9,11-12,14-19,25,32H,10,13,20-24,26H2,1-5H3,(H,37,39). The Labute approximate surface area is 246 Å². The molecular formula is C36H46N2O3. The molecule has 41 heavy (non-hydrogen) atoms. The van der Waals surface area contributed by atoms with E-state index in [0.717, 1.165) is 55.2 Å². The van der Waals surface area contributed by atoms with Crippen LogP contribution in [0.15, 0.2) is 78.9 Å². The molecule has 2 amide bonds. The lowest BCUT2D eigenvalue weighted by Crippen LogP contribution is -2.45. The zero-order valence-corrected chi connectivity index (χ0v) is 25.4. The van der Waals surface area contributed by atoms with Crippen LogP contribution in [0.4, 0.5) is 4.79 Å². The zero-order chi connectivity index (χ0) is 29.5. The van der Waals surface area contributed by atoms with Crippen molar-refractivity contribution >= 4 is 12.0 Å². The second kappa shape index (κ2) is 13.4. The smallest absolute Gasteiger partial charge is 0.410 e. The summed E-state index contributed by atoms with van der Waals surface area (Å²) in [6.07, 6.45) is 5.79. The summed E-state index contributed by atoms with van der Waals surface area (Å²) in [5, 5.41) is 3.05. The molecule has 0 bridgehead atoms. The Balaban J connectivity index is 1.39. The summed E-state index contributed by atoms with van der Waals surface area (Å²) in [6.45, 7) is 11.5. The van der Waals surface area contributed by atoms with Gasteiger partial charge in [0.1, 0.15) is 5.60 Å². The molecular weight excluding hydrogens is 508 g/mol. The Bertz CT molecular complexity index is 1280. The summed E-state index contributed by atoms with van der Waals surface area (Å²) in [7, 11) is 0. The van der Waals surface area contributed by atoms with Crippen LogP contribution in [0.5, 0.6) is 0 Å². The topological polar surface area (TPSA) is 58.6 Å². The van der Waals surface area contributed by atoms with E-state index in [4.69, 9.17) is 4.74 Å². The van der Waals surface area contributed by atoms with Crippen LogP contribution in [0.3, 0.4) is 0 Å². The lowest BCUT2D eigenvalue weighted by atomic mass is 9.75. The van der Waals surface area contributed by atoms with Crippen LogP contribution in [0.1, 0.15) is 88.2 Å². The molecule has 3 aromatic rings. The van der Waals surface area contributed by atoms with Gasteiger partial charge in [-0.05, 0) is 99.1 Å². The third-order valence-electron chi connectivity index (χ3n) is 7.91. The molecule has 0 radical (unpaired) electrons. The highest BCUT2D eigenvalue weighted by Gasteiger charge is 2.34. The fourth-order valence-corrected chi connectivity index (χ4v) is 5.44. The molecule has 1 fully saturated rings. The van der Waals surface area contributed by atoms with Crippen LogP contribution in [0.2, 0.25) is 0 Å². The summed E-state index contributed by atoms with van der Waals surface area (Å²) < 4.78 is 5.81. The Kier molecular flexibility index (Phi) is 9.90. The van der Waals surface area contributed by atoms with E-state index in [1.54, 1.807) is 0 Å². The van der Waals surface area contributed by atoms with Gasteiger partial charge < -0.3 is 15.0 Å². The molecule has 0 aliphatic heterocycles. The quantitative estimate of drug-likeness (QED) is 0.270. The second-order valence-corrected chi connectivity index (χ2v) is 13.1. The van der Waals surface area contributed by atoms with Crippen molar-refractivity contribution in [2.24, 2.45) is 5.41 Å². The van der Waals surface area contributed by atoms with Crippen molar-refractivity contribution < 1.29 is 14.3 Å². The van der Waals surface area contributed by atoms with Crippen LogP contribution in [-0.4, -0.2) is 35.1 Å². The average molecular weight is 555 g/mol. The number of ether oxygens (including phenoxy) is 1. The van der Waals surface area contributed by atoms with E-state index in [-0.39, 0.29) is 18.0 Å². The average Bonchev–Trinajstić information content (AvgIpc) is 2.94. The minimum Gasteiger partial charge on any atom is -0.444 e. The number of amides is 2. The van der Waals surface area contributed by atoms with E-state index >= 15 is 0 Å². The first-order valence-corrected chi connectivity index (χ1v) is 15.0. The molecule has 0 unspecified atom stereocenters. The molecule has 5 nitrogen and oxygen atoms in total. The third-order valence-corrected chi connectivity index (χ3v) is 7.91. The molecule has 1 N–H and O–H groups in total. The van der Waals surface area contributed by atoms with E-state index in [2.05, 4.69) is 55.6 Å². The Morgan fingerprint density at radius 2 is 1.56 bits per heavy atom. The fourth-order valence-electron chi connectivity index (χ4n) is 5.44. The first-order valence-electron chi connectivity index (χ1n) is 15.0. The highest BCUT2D eigenvalue weighted by atomic mass is 16.6. The van der Waals surface area contributed by atoms with Gasteiger partial charge in [-0.2, -0.15) is 0 Å². The molecule has 4 rings (SSSR count). The third kappa shape index (κ3) is 9.21. The maximum atomic E-state index is 13.2. The van der Waals surface area contributed by atoms with Crippen molar-refractivity contribution in [2.45, 2.75) is 91.3 Å². The monoisotopic (exact) mass is 554 g/mol. The Hall–Kier alpha value is -3.60. The Morgan fingerprint density at radius 3 is 2.22 bits per heavy atom. The van der Waals surface area contributed by atoms with E-state index in [1.807, 2.05) is 68.1 Å². The van der Waals surface area contributed by atoms with Crippen molar-refractivity contribution in [1.82, 2.24) is 10.2 Å². The van der Waals surface area contributed by atoms with Gasteiger partial charge in [-0.25, -0.2) is 4.79 Å². The van der Waals surface area contributed by atoms with Crippen LogP contribution >= 0.6 is 0 Å². The first kappa shape index (κ1) is 30.4. The minimum absolute atomic E-state index is 0.0554. The highest BCUT2D eigenvalue weighted by Crippen LogP contribution is 2.38. The molecule has 1 saturated carbocycles. The summed E-state index contributed by atoms with van der Waals surface area (Å²) in [6, 6.07) is 26.6. The number of hydrogen-bond acceptors (Lipinski definition) is 3. The van der Waals surface area contributed by atoms with Crippen LogP contribution in [0.25, 0.3) is 11.1 Å². The van der Waals surface area contributed by atoms with Gasteiger partial charge in [0, 0.05) is 24.7 Å². The van der Waals surface area contributed by atoms with Crippen LogP contribution < -0.4 is 5.32 Å². The van der Waals surface area contributed by atoms with Gasteiger partial charge in [-0.15, -0.1) is 0 Å². The number of nitrogens with zero attached hydrogens (tertiary/aromatic N) is 1. The Morgan fingerprint density at radius 1 is 0.878 bits per heavy atom. The van der Waals surface area contributed by atoms with Gasteiger partial charge in [-0.3, -0.25) is 4.79 Å². The molecule has 0 atom stereocenters. The number of nitrogens with one attached hydrogen (secondary N) is 1. The summed E-state index contributed by atoms with van der Waals surface area (Å²) in [4.78, 5) is 28.0. The van der Waals surface area contributed by atoms with Gasteiger partial charge in [0.25, 0.3) is 5.91 Å². The first-order chi connectivity index (χ1) is 19.5. The minimum atomic E-state index is -0.535. The maximum absolute atomic E-state index is 13.2. The largest absolute Gasteiger partial charge is 0.444 e. The van der Waals surface area contributed by atoms with Crippen molar-refractivity contribution in [3.8, 4) is 11.1 Å². The number of carbonyl (C=O) groups excluding carboxylic acids is 2. The molecule has 218 valence electrons. The summed E-state index contributed by atoms with van der Waals surface area (Å²) >= 11 is 0. The lowest BCUT2D eigenvalue weighted by Gasteiger charge is -2.40. The second-order valence-electron chi connectivity index (χ2n) is 13.1. The lowest BCUT2D eigenvalue weighted by molar-refractivity contribution is 0.00490. The van der Waals surface area contributed by atoms with Gasteiger partial charge in [0.2, 0.25) is 0 Å². The molecule has 3 aromatic carbocycles. The van der Waals surface area contributed by atoms with Crippen molar-refractivity contribution in [3.05, 3.63) is 95.6 Å². The van der Waals surface area contributed by atoms with Crippen molar-refractivity contribution in [3.63, 3.8) is 0 Å². The maximum Gasteiger partial charge on any atom is 0.410 e. The van der Waals surface area contributed by atoms with Gasteiger partial charge in [0.15, 0.2) is 0 Å². The number of aryl methyl sites for hydroxylation is 1. The molecule has 1 aliphatic rings. The predicted molar refractivity (Wildman–Crippen MR) is 167 cm³/mol. The van der Waals surface area contributed by atoms with Crippen LogP contribution in [0, 0.1) is 5.41 Å². The molecule has 0 heterocycles. The number of hydrogen-bond donors (Lipinski definition) is 1. The molecule has 0 spiro atoms. The highest BCUT2D eigenvalue weighted by molar-refractivity contribution is 5.95. The molecule has 1 aliphatic carbocycles. The van der Waals surface area contributed by atoms with E-state index in [0.29, 0.717) is 24.1 Å². The van der Waals surface area contributed by atoms with Crippen molar-refractivity contribution in [1.29, 1.82) is 0 Å². The summed E-state index contributed by atoms with van der Waals surface area (Å²) in [5.74, 6) is -0.0554. The summed E-state index contributed by atoms with van der Waals surface area (Å²) in [5.41, 5.74) is 4.82. The molecule has 0 aromatic heterocycles. The van der Waals surface area contributed by atoms with Crippen LogP contribution in [-0.2, 0) is 17.7 Å². The van der Waals surface area contributed by atoms with Gasteiger partial charge >= 0.3 is 6.09 Å². The SMILES string of the molecule is CC1(C)CCC(N(Cc2ccc(-c3cccc(C(=O)NCCCc4ccccc4)c3)cc2)C(=O)OC(C)(C)C)CC1. The fraction of sp³-hybridized carbons (Fsp3) is 0.444. The van der Waals surface area contributed by atoms with Crippen molar-refractivity contribution in [2.75, 3.05) is 6.54 Å². The number of benzene rings is 3. The van der Waals surface area contributed by atoms with E-state index in [9.17, 15) is 9.59 Å². The molecule has 0 saturated heterocycles. The number of carbonyl (C=O) groups is 2. The van der Waals surface area contributed by atoms with E-state index in [1.165, 1.54) is 5.56 Å². The van der Waals surface area contributed by atoms with Gasteiger partial charge in [0.05, 0.1) is 0 Å².